The molecule has 1 aromatic rings. The highest BCUT2D eigenvalue weighted by atomic mass is 16.6. The third-order valence-corrected chi connectivity index (χ3v) is 3.57. The Balaban J connectivity index is 2.32. The third-order valence-electron chi connectivity index (χ3n) is 3.57. The number of hydrogen-bond donors (Lipinski definition) is 1. The first-order chi connectivity index (χ1) is 9.65. The lowest BCUT2D eigenvalue weighted by atomic mass is 10.1. The topological polar surface area (TPSA) is 93.4 Å². The molecule has 1 unspecified atom stereocenters. The first-order valence-corrected chi connectivity index (χ1v) is 6.62. The summed E-state index contributed by atoms with van der Waals surface area (Å²) in [7, 11) is 3.21. The van der Waals surface area contributed by atoms with E-state index >= 15 is 0 Å². The zero-order chi connectivity index (χ0) is 14.5. The van der Waals surface area contributed by atoms with Crippen molar-refractivity contribution in [1.29, 1.82) is 0 Å². The molecule has 1 N–H and O–H groups in total. The van der Waals surface area contributed by atoms with E-state index in [1.165, 1.54) is 13.4 Å². The zero-order valence-corrected chi connectivity index (χ0v) is 11.7. The number of nitrogens with zero attached hydrogens (tertiary/aromatic N) is 4. The molecule has 110 valence electrons. The number of aromatic nitrogens is 2. The molecule has 1 aromatic heterocycles. The number of methoxy groups -OCH3 is 1. The van der Waals surface area contributed by atoms with Gasteiger partial charge >= 0.3 is 5.69 Å². The van der Waals surface area contributed by atoms with E-state index in [1.54, 1.807) is 0 Å². The van der Waals surface area contributed by atoms with Gasteiger partial charge in [-0.3, -0.25) is 10.1 Å². The molecule has 0 bridgehead atoms. The Bertz CT molecular complexity index is 474. The van der Waals surface area contributed by atoms with Crippen LogP contribution in [0.4, 0.5) is 11.5 Å². The summed E-state index contributed by atoms with van der Waals surface area (Å²) in [6.45, 7) is 1.89. The standard InChI is InChI=1S/C12H19N5O3/c1-16(9-4-3-6-13-7-5-9)11-10(17(18)19)12(20-2)15-8-14-11/h8-9,13H,3-7H2,1-2H3. The molecule has 0 saturated carbocycles. The fourth-order valence-electron chi connectivity index (χ4n) is 2.48. The van der Waals surface area contributed by atoms with Gasteiger partial charge in [-0.1, -0.05) is 0 Å². The van der Waals surface area contributed by atoms with Crippen molar-refractivity contribution in [3.8, 4) is 5.88 Å². The highest BCUT2D eigenvalue weighted by Gasteiger charge is 2.29. The highest BCUT2D eigenvalue weighted by molar-refractivity contribution is 5.62. The summed E-state index contributed by atoms with van der Waals surface area (Å²) in [5.74, 6) is 0.312. The molecule has 1 aliphatic rings. The van der Waals surface area contributed by atoms with Crippen LogP contribution >= 0.6 is 0 Å². The van der Waals surface area contributed by atoms with Gasteiger partial charge in [0.05, 0.1) is 12.0 Å². The van der Waals surface area contributed by atoms with E-state index in [2.05, 4.69) is 15.3 Å². The summed E-state index contributed by atoms with van der Waals surface area (Å²) in [5.41, 5.74) is -0.172. The highest BCUT2D eigenvalue weighted by Crippen LogP contribution is 2.34. The maximum absolute atomic E-state index is 11.3. The van der Waals surface area contributed by atoms with Gasteiger partial charge in [0.1, 0.15) is 6.33 Å². The summed E-state index contributed by atoms with van der Waals surface area (Å²) in [5, 5.41) is 14.6. The summed E-state index contributed by atoms with van der Waals surface area (Å²) in [4.78, 5) is 20.5. The van der Waals surface area contributed by atoms with Crippen LogP contribution in [0, 0.1) is 10.1 Å². The van der Waals surface area contributed by atoms with Crippen molar-refractivity contribution in [2.24, 2.45) is 0 Å². The maximum atomic E-state index is 11.3. The van der Waals surface area contributed by atoms with E-state index < -0.39 is 4.92 Å². The monoisotopic (exact) mass is 281 g/mol. The molecule has 20 heavy (non-hydrogen) atoms. The van der Waals surface area contributed by atoms with E-state index in [9.17, 15) is 10.1 Å². The molecule has 0 radical (unpaired) electrons. The predicted molar refractivity (Wildman–Crippen MR) is 74.2 cm³/mol. The molecule has 0 aliphatic carbocycles. The van der Waals surface area contributed by atoms with Crippen LogP contribution in [-0.2, 0) is 0 Å². The number of nitro groups is 1. The lowest BCUT2D eigenvalue weighted by molar-refractivity contribution is -0.385. The Kier molecular flexibility index (Phi) is 4.67. The van der Waals surface area contributed by atoms with E-state index in [4.69, 9.17) is 4.74 Å². The minimum atomic E-state index is -0.486. The van der Waals surface area contributed by atoms with E-state index in [1.807, 2.05) is 11.9 Å². The summed E-state index contributed by atoms with van der Waals surface area (Å²) >= 11 is 0. The molecule has 2 rings (SSSR count). The molecule has 0 aromatic carbocycles. The molecular weight excluding hydrogens is 262 g/mol. The van der Waals surface area contributed by atoms with Crippen molar-refractivity contribution >= 4 is 11.5 Å². The number of nitrogens with one attached hydrogen (secondary N) is 1. The van der Waals surface area contributed by atoms with Crippen molar-refractivity contribution < 1.29 is 9.66 Å². The van der Waals surface area contributed by atoms with Crippen LogP contribution in [0.25, 0.3) is 0 Å². The fraction of sp³-hybridized carbons (Fsp3) is 0.667. The van der Waals surface area contributed by atoms with Gasteiger partial charge in [-0.2, -0.15) is 4.98 Å². The van der Waals surface area contributed by atoms with Gasteiger partial charge < -0.3 is 15.0 Å². The van der Waals surface area contributed by atoms with Crippen LogP contribution in [0.2, 0.25) is 0 Å². The largest absolute Gasteiger partial charge is 0.476 e. The van der Waals surface area contributed by atoms with Crippen LogP contribution in [0.15, 0.2) is 6.33 Å². The maximum Gasteiger partial charge on any atom is 0.372 e. The lowest BCUT2D eigenvalue weighted by Crippen LogP contribution is -2.33. The van der Waals surface area contributed by atoms with Crippen molar-refractivity contribution in [3.05, 3.63) is 16.4 Å². The number of rotatable bonds is 4. The van der Waals surface area contributed by atoms with Crippen LogP contribution in [0.3, 0.4) is 0 Å². The van der Waals surface area contributed by atoms with Gasteiger partial charge in [-0.05, 0) is 32.4 Å². The van der Waals surface area contributed by atoms with Crippen molar-refractivity contribution in [2.45, 2.75) is 25.3 Å². The van der Waals surface area contributed by atoms with Gasteiger partial charge in [0.15, 0.2) is 0 Å². The van der Waals surface area contributed by atoms with Gasteiger partial charge in [0.25, 0.3) is 5.88 Å². The van der Waals surface area contributed by atoms with Crippen molar-refractivity contribution in [2.75, 3.05) is 32.1 Å². The number of ether oxygens (including phenoxy) is 1. The Morgan fingerprint density at radius 1 is 1.45 bits per heavy atom. The minimum absolute atomic E-state index is 0.00130. The Hall–Kier alpha value is -1.96. The van der Waals surface area contributed by atoms with Crippen molar-refractivity contribution in [1.82, 2.24) is 15.3 Å². The van der Waals surface area contributed by atoms with Gasteiger partial charge in [-0.25, -0.2) is 4.98 Å². The Labute approximate surface area is 117 Å². The van der Waals surface area contributed by atoms with Gasteiger partial charge in [-0.15, -0.1) is 0 Å². The van der Waals surface area contributed by atoms with Crippen LogP contribution in [-0.4, -0.2) is 48.2 Å². The molecular formula is C12H19N5O3. The second-order valence-corrected chi connectivity index (χ2v) is 4.76. The van der Waals surface area contributed by atoms with E-state index in [-0.39, 0.29) is 17.6 Å². The number of hydrogen-bond acceptors (Lipinski definition) is 7. The second kappa shape index (κ2) is 6.47. The Morgan fingerprint density at radius 3 is 2.95 bits per heavy atom. The van der Waals surface area contributed by atoms with E-state index in [0.717, 1.165) is 32.4 Å². The molecule has 1 atom stereocenters. The number of anilines is 1. The molecule has 1 aliphatic heterocycles. The minimum Gasteiger partial charge on any atom is -0.476 e. The molecule has 8 nitrogen and oxygen atoms in total. The average Bonchev–Trinajstić information content (AvgIpc) is 2.74. The Morgan fingerprint density at radius 2 is 2.25 bits per heavy atom. The average molecular weight is 281 g/mol. The third kappa shape index (κ3) is 2.96. The molecule has 0 amide bonds. The molecule has 1 fully saturated rings. The fourth-order valence-corrected chi connectivity index (χ4v) is 2.48. The van der Waals surface area contributed by atoms with Gasteiger partial charge in [0, 0.05) is 13.1 Å². The van der Waals surface area contributed by atoms with E-state index in [0.29, 0.717) is 5.82 Å². The summed E-state index contributed by atoms with van der Waals surface area (Å²) in [6.07, 6.45) is 4.25. The molecule has 2 heterocycles. The molecule has 1 saturated heterocycles. The molecule has 8 heteroatoms. The zero-order valence-electron chi connectivity index (χ0n) is 11.7. The second-order valence-electron chi connectivity index (χ2n) is 4.76. The predicted octanol–water partition coefficient (Wildman–Crippen LogP) is 0.972. The summed E-state index contributed by atoms with van der Waals surface area (Å²) in [6, 6.07) is 0.225. The first-order valence-electron chi connectivity index (χ1n) is 6.62. The first kappa shape index (κ1) is 14.4. The molecule has 0 spiro atoms. The van der Waals surface area contributed by atoms with Gasteiger partial charge in [0.2, 0.25) is 5.82 Å². The summed E-state index contributed by atoms with van der Waals surface area (Å²) < 4.78 is 4.98. The van der Waals surface area contributed by atoms with Crippen LogP contribution in [0.5, 0.6) is 5.88 Å². The van der Waals surface area contributed by atoms with Crippen LogP contribution in [0.1, 0.15) is 19.3 Å². The van der Waals surface area contributed by atoms with Crippen molar-refractivity contribution in [3.63, 3.8) is 0 Å². The van der Waals surface area contributed by atoms with Crippen LogP contribution < -0.4 is 15.0 Å². The normalized spacial score (nSPS) is 19.2. The smallest absolute Gasteiger partial charge is 0.372 e. The lowest BCUT2D eigenvalue weighted by Gasteiger charge is -2.27. The SMILES string of the molecule is COc1ncnc(N(C)C2CCCNCC2)c1[N+](=O)[O-]. The quantitative estimate of drug-likeness (QED) is 0.649.